The topological polar surface area (TPSA) is 75.3 Å². The first-order chi connectivity index (χ1) is 6.28. The summed E-state index contributed by atoms with van der Waals surface area (Å²) in [5.74, 6) is -3.48. The Labute approximate surface area is 93.6 Å². The van der Waals surface area contributed by atoms with E-state index in [1.807, 2.05) is 0 Å². The molecule has 0 saturated heterocycles. The van der Waals surface area contributed by atoms with Crippen LogP contribution in [0.25, 0.3) is 0 Å². The van der Waals surface area contributed by atoms with E-state index >= 15 is 0 Å². The van der Waals surface area contributed by atoms with Crippen molar-refractivity contribution in [2.75, 3.05) is 7.05 Å². The predicted molar refractivity (Wildman–Crippen MR) is 55.2 cm³/mol. The Morgan fingerprint density at radius 2 is 2.07 bits per heavy atom. The van der Waals surface area contributed by atoms with Crippen LogP contribution in [0, 0.1) is 0 Å². The zero-order valence-corrected chi connectivity index (χ0v) is 9.48. The van der Waals surface area contributed by atoms with Gasteiger partial charge in [-0.1, -0.05) is 0 Å². The molecule has 0 aromatic heterocycles. The van der Waals surface area contributed by atoms with Crippen molar-refractivity contribution in [2.45, 2.75) is 37.8 Å². The third kappa shape index (κ3) is 7.47. The van der Waals surface area contributed by atoms with Gasteiger partial charge in [0.25, 0.3) is 0 Å². The summed E-state index contributed by atoms with van der Waals surface area (Å²) in [6.45, 7) is 0.770. The van der Waals surface area contributed by atoms with Gasteiger partial charge in [0.05, 0.1) is 0 Å². The molecule has 0 aliphatic heterocycles. The molecule has 0 saturated carbocycles. The summed E-state index contributed by atoms with van der Waals surface area (Å²) in [4.78, 5) is 10.8. The fourth-order valence-corrected chi connectivity index (χ4v) is 0.920. The van der Waals surface area contributed by atoms with Crippen LogP contribution in [0.5, 0.6) is 0 Å². The number of alkyl halides is 2. The lowest BCUT2D eigenvalue weighted by atomic mass is 10.0. The number of aliphatic hydroxyl groups excluding tert-OH is 1. The van der Waals surface area contributed by atoms with Crippen molar-refractivity contribution < 1.29 is 18.7 Å². The molecule has 0 radical (unpaired) electrons. The molecular formula is C8H17ClF2N2O2. The van der Waals surface area contributed by atoms with Gasteiger partial charge >= 0.3 is 0 Å². The highest BCUT2D eigenvalue weighted by molar-refractivity contribution is 5.85. The van der Waals surface area contributed by atoms with Gasteiger partial charge in [-0.3, -0.25) is 4.79 Å². The summed E-state index contributed by atoms with van der Waals surface area (Å²) >= 11 is 0. The summed E-state index contributed by atoms with van der Waals surface area (Å²) in [6, 6.07) is -0.958. The van der Waals surface area contributed by atoms with Crippen molar-refractivity contribution in [1.82, 2.24) is 5.32 Å². The van der Waals surface area contributed by atoms with Gasteiger partial charge in [0.15, 0.2) is 0 Å². The summed E-state index contributed by atoms with van der Waals surface area (Å²) in [7, 11) is 1.34. The van der Waals surface area contributed by atoms with Crippen molar-refractivity contribution >= 4 is 18.3 Å². The van der Waals surface area contributed by atoms with Crippen molar-refractivity contribution in [1.29, 1.82) is 0 Å². The third-order valence-electron chi connectivity index (χ3n) is 1.84. The lowest BCUT2D eigenvalue weighted by Gasteiger charge is -2.19. The van der Waals surface area contributed by atoms with Crippen LogP contribution in [0.3, 0.4) is 0 Å². The second-order valence-corrected chi connectivity index (χ2v) is 3.33. The van der Waals surface area contributed by atoms with Gasteiger partial charge in [-0.15, -0.1) is 12.4 Å². The fourth-order valence-electron chi connectivity index (χ4n) is 0.920. The van der Waals surface area contributed by atoms with E-state index in [0.717, 1.165) is 6.92 Å². The minimum absolute atomic E-state index is 0. The standard InChI is InChI=1S/C8H16F2N2O2.ClH/c1-8(9,10)4-3-5(11)6(13)7(14)12-2;/h5-6,13H,3-4,11H2,1-2H3,(H,12,14);1H. The van der Waals surface area contributed by atoms with Crippen LogP contribution in [0.1, 0.15) is 19.8 Å². The van der Waals surface area contributed by atoms with Gasteiger partial charge in [-0.2, -0.15) is 0 Å². The third-order valence-corrected chi connectivity index (χ3v) is 1.84. The summed E-state index contributed by atoms with van der Waals surface area (Å²) in [5, 5.41) is 11.4. The average Bonchev–Trinajstić information content (AvgIpc) is 2.10. The minimum Gasteiger partial charge on any atom is -0.382 e. The van der Waals surface area contributed by atoms with Crippen LogP contribution < -0.4 is 11.1 Å². The number of aliphatic hydroxyl groups is 1. The van der Waals surface area contributed by atoms with Crippen molar-refractivity contribution in [3.63, 3.8) is 0 Å². The highest BCUT2D eigenvalue weighted by Gasteiger charge is 2.27. The van der Waals surface area contributed by atoms with E-state index < -0.39 is 30.4 Å². The molecule has 0 fully saturated rings. The van der Waals surface area contributed by atoms with Gasteiger partial charge in [0.2, 0.25) is 11.8 Å². The number of carbonyl (C=O) groups excluding carboxylic acids is 1. The number of nitrogens with one attached hydrogen (secondary N) is 1. The molecule has 0 aliphatic carbocycles. The molecule has 1 amide bonds. The van der Waals surface area contributed by atoms with Crippen molar-refractivity contribution in [2.24, 2.45) is 5.73 Å². The van der Waals surface area contributed by atoms with Gasteiger partial charge < -0.3 is 16.2 Å². The number of hydrogen-bond donors (Lipinski definition) is 3. The molecule has 7 heteroatoms. The maximum absolute atomic E-state index is 12.4. The van der Waals surface area contributed by atoms with Gasteiger partial charge in [-0.05, 0) is 13.3 Å². The van der Waals surface area contributed by atoms with Crippen LogP contribution in [-0.2, 0) is 4.79 Å². The molecule has 15 heavy (non-hydrogen) atoms. The highest BCUT2D eigenvalue weighted by atomic mass is 35.5. The maximum atomic E-state index is 12.4. The second-order valence-electron chi connectivity index (χ2n) is 3.33. The van der Waals surface area contributed by atoms with E-state index in [1.54, 1.807) is 0 Å². The first-order valence-corrected chi connectivity index (χ1v) is 4.31. The summed E-state index contributed by atoms with van der Waals surface area (Å²) in [5.41, 5.74) is 5.36. The Kier molecular flexibility index (Phi) is 7.82. The van der Waals surface area contributed by atoms with E-state index in [4.69, 9.17) is 5.73 Å². The first-order valence-electron chi connectivity index (χ1n) is 4.31. The predicted octanol–water partition coefficient (Wildman–Crippen LogP) is 0.278. The van der Waals surface area contributed by atoms with E-state index in [9.17, 15) is 18.7 Å². The number of likely N-dealkylation sites (N-methyl/N-ethyl adjacent to an activating group) is 1. The molecule has 0 heterocycles. The van der Waals surface area contributed by atoms with E-state index in [-0.39, 0.29) is 18.8 Å². The zero-order valence-electron chi connectivity index (χ0n) is 8.67. The molecule has 4 N–H and O–H groups in total. The van der Waals surface area contributed by atoms with Crippen LogP contribution >= 0.6 is 12.4 Å². The second kappa shape index (κ2) is 6.92. The van der Waals surface area contributed by atoms with Crippen LogP contribution in [0.2, 0.25) is 0 Å². The molecule has 0 rings (SSSR count). The van der Waals surface area contributed by atoms with Crippen LogP contribution in [-0.4, -0.2) is 36.1 Å². The smallest absolute Gasteiger partial charge is 0.250 e. The van der Waals surface area contributed by atoms with Crippen LogP contribution in [0.15, 0.2) is 0 Å². The molecule has 0 aromatic rings. The van der Waals surface area contributed by atoms with E-state index in [0.29, 0.717) is 0 Å². The number of nitrogens with two attached hydrogens (primary N) is 1. The molecule has 0 bridgehead atoms. The number of carbonyl (C=O) groups is 1. The Morgan fingerprint density at radius 3 is 2.40 bits per heavy atom. The Bertz CT molecular complexity index is 200. The number of rotatable bonds is 5. The molecule has 0 aromatic carbocycles. The molecule has 0 spiro atoms. The quantitative estimate of drug-likeness (QED) is 0.652. The normalized spacial score (nSPS) is 15.1. The maximum Gasteiger partial charge on any atom is 0.250 e. The Balaban J connectivity index is 0. The van der Waals surface area contributed by atoms with Crippen molar-refractivity contribution in [3.8, 4) is 0 Å². The number of halogens is 3. The van der Waals surface area contributed by atoms with Crippen LogP contribution in [0.4, 0.5) is 8.78 Å². The lowest BCUT2D eigenvalue weighted by Crippen LogP contribution is -2.45. The van der Waals surface area contributed by atoms with E-state index in [1.165, 1.54) is 7.05 Å². The number of amides is 1. The number of hydrogen-bond acceptors (Lipinski definition) is 3. The molecule has 2 unspecified atom stereocenters. The van der Waals surface area contributed by atoms with Gasteiger partial charge in [0.1, 0.15) is 6.10 Å². The minimum atomic E-state index is -2.82. The molecule has 92 valence electrons. The molecule has 0 aliphatic rings. The van der Waals surface area contributed by atoms with Gasteiger partial charge in [-0.25, -0.2) is 8.78 Å². The lowest BCUT2D eigenvalue weighted by molar-refractivity contribution is -0.130. The average molecular weight is 247 g/mol. The monoisotopic (exact) mass is 246 g/mol. The van der Waals surface area contributed by atoms with E-state index in [2.05, 4.69) is 5.32 Å². The Hall–Kier alpha value is -0.460. The fraction of sp³-hybridized carbons (Fsp3) is 0.875. The SMILES string of the molecule is CNC(=O)C(O)C(N)CCC(C)(F)F.Cl. The first kappa shape index (κ1) is 17.0. The van der Waals surface area contributed by atoms with Gasteiger partial charge in [0, 0.05) is 19.5 Å². The largest absolute Gasteiger partial charge is 0.382 e. The Morgan fingerprint density at radius 1 is 1.60 bits per heavy atom. The molecular weight excluding hydrogens is 230 g/mol. The van der Waals surface area contributed by atoms with Crippen molar-refractivity contribution in [3.05, 3.63) is 0 Å². The summed E-state index contributed by atoms with van der Waals surface area (Å²) < 4.78 is 24.8. The molecule has 2 atom stereocenters. The summed E-state index contributed by atoms with van der Waals surface area (Å²) in [6.07, 6.45) is -1.97. The zero-order chi connectivity index (χ0) is 11.4. The molecule has 4 nitrogen and oxygen atoms in total. The highest BCUT2D eigenvalue weighted by Crippen LogP contribution is 2.19.